The Morgan fingerprint density at radius 1 is 1.19 bits per heavy atom. The Morgan fingerprint density at radius 2 is 1.91 bits per heavy atom. The molecule has 2 aliphatic rings. The summed E-state index contributed by atoms with van der Waals surface area (Å²) in [5, 5.41) is 12.4. The average molecular weight is 438 g/mol. The molecule has 0 saturated heterocycles. The number of benzene rings is 1. The van der Waals surface area contributed by atoms with Crippen LogP contribution >= 0.6 is 0 Å². The molecule has 1 heterocycles. The number of rotatable bonds is 8. The smallest absolute Gasteiger partial charge is 0.410 e. The number of hydrogen-bond donors (Lipinski definition) is 2. The second-order valence-electron chi connectivity index (χ2n) is 10.0. The van der Waals surface area contributed by atoms with Crippen LogP contribution in [0, 0.1) is 5.41 Å². The number of hydrogen-bond acceptors (Lipinski definition) is 5. The molecule has 4 rings (SSSR count). The number of aromatic carboxylic acids is 1. The van der Waals surface area contributed by atoms with Crippen molar-refractivity contribution in [1.29, 1.82) is 0 Å². The van der Waals surface area contributed by atoms with Crippen LogP contribution in [0.2, 0.25) is 0 Å². The fraction of sp³-hybridized carbons (Fsp3) is 0.480. The van der Waals surface area contributed by atoms with Crippen molar-refractivity contribution in [2.75, 3.05) is 18.4 Å². The van der Waals surface area contributed by atoms with E-state index in [-0.39, 0.29) is 23.1 Å². The molecule has 2 saturated carbocycles. The van der Waals surface area contributed by atoms with Gasteiger partial charge >= 0.3 is 12.1 Å². The minimum absolute atomic E-state index is 0.0200. The summed E-state index contributed by atoms with van der Waals surface area (Å²) in [6, 6.07) is 13.7. The average Bonchev–Trinajstić information content (AvgIpc) is 3.66. The largest absolute Gasteiger partial charge is 0.478 e. The molecule has 0 aliphatic heterocycles. The zero-order valence-electron chi connectivity index (χ0n) is 18.9. The van der Waals surface area contributed by atoms with E-state index in [1.54, 1.807) is 12.1 Å². The number of ether oxygens (including phenoxy) is 1. The van der Waals surface area contributed by atoms with Gasteiger partial charge in [0.05, 0.1) is 5.56 Å². The van der Waals surface area contributed by atoms with Crippen molar-refractivity contribution in [3.05, 3.63) is 59.8 Å². The summed E-state index contributed by atoms with van der Waals surface area (Å²) in [7, 11) is 0. The highest BCUT2D eigenvalue weighted by Gasteiger charge is 2.52. The normalized spacial score (nSPS) is 20.8. The molecular formula is C25H31N3O4. The number of aromatic nitrogens is 1. The molecule has 0 radical (unpaired) electrons. The summed E-state index contributed by atoms with van der Waals surface area (Å²) in [6.07, 6.45) is 4.09. The Bertz CT molecular complexity index is 965. The van der Waals surface area contributed by atoms with Gasteiger partial charge in [-0.05, 0) is 57.7 Å². The van der Waals surface area contributed by atoms with Gasteiger partial charge in [0.1, 0.15) is 11.4 Å². The molecule has 7 nitrogen and oxygen atoms in total. The minimum atomic E-state index is -0.992. The molecule has 0 spiro atoms. The van der Waals surface area contributed by atoms with Gasteiger partial charge in [0.15, 0.2) is 0 Å². The number of carbonyl (C=O) groups is 2. The number of carboxylic acids is 1. The van der Waals surface area contributed by atoms with Crippen molar-refractivity contribution >= 4 is 17.9 Å². The molecule has 1 unspecified atom stereocenters. The molecule has 2 N–H and O–H groups in total. The number of nitrogens with one attached hydrogen (secondary N) is 1. The number of pyridine rings is 1. The third-order valence-corrected chi connectivity index (χ3v) is 6.13. The van der Waals surface area contributed by atoms with E-state index in [9.17, 15) is 9.59 Å². The first-order chi connectivity index (χ1) is 15.2. The lowest BCUT2D eigenvalue weighted by Crippen LogP contribution is -2.43. The first-order valence-corrected chi connectivity index (χ1v) is 11.1. The number of amides is 1. The lowest BCUT2D eigenvalue weighted by atomic mass is 10.1. The van der Waals surface area contributed by atoms with Gasteiger partial charge in [0.25, 0.3) is 0 Å². The number of anilines is 1. The molecule has 0 bridgehead atoms. The predicted octanol–water partition coefficient (Wildman–Crippen LogP) is 4.77. The number of carbonyl (C=O) groups excluding carboxylic acids is 1. The molecule has 7 heteroatoms. The third kappa shape index (κ3) is 5.39. The fourth-order valence-corrected chi connectivity index (χ4v) is 4.05. The Morgan fingerprint density at radius 3 is 2.47 bits per heavy atom. The van der Waals surface area contributed by atoms with Gasteiger partial charge in [-0.25, -0.2) is 14.6 Å². The highest BCUT2D eigenvalue weighted by molar-refractivity contribution is 5.87. The summed E-state index contributed by atoms with van der Waals surface area (Å²) in [4.78, 5) is 30.3. The van der Waals surface area contributed by atoms with Gasteiger partial charge in [-0.3, -0.25) is 0 Å². The van der Waals surface area contributed by atoms with Crippen LogP contribution < -0.4 is 5.32 Å². The fourth-order valence-electron chi connectivity index (χ4n) is 4.05. The number of carboxylic acid groups (broad SMARTS) is 1. The standard InChI is InChI=1S/C25H31N3O4/c1-24(2,3)32-23(31)28(20-13-19(20)17-7-5-4-6-8-17)16-25(11-12-25)15-27-21-10-9-18(14-26-21)22(29)30/h4-10,14,19-20H,11-13,15-16H2,1-3H3,(H,26,27)(H,29,30)/t19-,20?/m1/s1. The van der Waals surface area contributed by atoms with Crippen LogP contribution in [-0.4, -0.2) is 51.8 Å². The maximum atomic E-state index is 13.1. The first kappa shape index (κ1) is 22.1. The predicted molar refractivity (Wildman–Crippen MR) is 122 cm³/mol. The van der Waals surface area contributed by atoms with Gasteiger partial charge in [0, 0.05) is 36.7 Å². The van der Waals surface area contributed by atoms with Crippen LogP contribution in [0.4, 0.5) is 10.6 Å². The molecular weight excluding hydrogens is 406 g/mol. The lowest BCUT2D eigenvalue weighted by Gasteiger charge is -2.31. The van der Waals surface area contributed by atoms with Gasteiger partial charge in [0.2, 0.25) is 0 Å². The zero-order chi connectivity index (χ0) is 22.9. The molecule has 170 valence electrons. The highest BCUT2D eigenvalue weighted by atomic mass is 16.6. The second kappa shape index (κ2) is 8.45. The van der Waals surface area contributed by atoms with Gasteiger partial charge in [-0.2, -0.15) is 0 Å². The molecule has 1 amide bonds. The Kier molecular flexibility index (Phi) is 5.84. The van der Waals surface area contributed by atoms with Crippen LogP contribution in [-0.2, 0) is 4.74 Å². The Hall–Kier alpha value is -3.09. The van der Waals surface area contributed by atoms with E-state index in [1.807, 2.05) is 43.9 Å². The van der Waals surface area contributed by atoms with E-state index in [0.717, 1.165) is 19.3 Å². The molecule has 2 aromatic rings. The zero-order valence-corrected chi connectivity index (χ0v) is 18.9. The van der Waals surface area contributed by atoms with Crippen molar-refractivity contribution in [1.82, 2.24) is 9.88 Å². The van der Waals surface area contributed by atoms with E-state index in [2.05, 4.69) is 22.4 Å². The van der Waals surface area contributed by atoms with Gasteiger partial charge < -0.3 is 20.1 Å². The summed E-state index contributed by atoms with van der Waals surface area (Å²) in [6.45, 7) is 6.99. The highest BCUT2D eigenvalue weighted by Crippen LogP contribution is 2.51. The first-order valence-electron chi connectivity index (χ1n) is 11.1. The quantitative estimate of drug-likeness (QED) is 0.618. The van der Waals surface area contributed by atoms with Crippen LogP contribution in [0.3, 0.4) is 0 Å². The molecule has 2 aliphatic carbocycles. The maximum Gasteiger partial charge on any atom is 0.410 e. The molecule has 32 heavy (non-hydrogen) atoms. The lowest BCUT2D eigenvalue weighted by molar-refractivity contribution is 0.0191. The Balaban J connectivity index is 1.43. The summed E-state index contributed by atoms with van der Waals surface area (Å²) >= 11 is 0. The van der Waals surface area contributed by atoms with Gasteiger partial charge in [-0.1, -0.05) is 30.3 Å². The Labute approximate surface area is 188 Å². The molecule has 1 aromatic heterocycles. The minimum Gasteiger partial charge on any atom is -0.478 e. The molecule has 2 atom stereocenters. The van der Waals surface area contributed by atoms with E-state index in [4.69, 9.17) is 9.84 Å². The van der Waals surface area contributed by atoms with Gasteiger partial charge in [-0.15, -0.1) is 0 Å². The molecule has 2 fully saturated rings. The van der Waals surface area contributed by atoms with Crippen molar-refractivity contribution in [3.8, 4) is 0 Å². The summed E-state index contributed by atoms with van der Waals surface area (Å²) < 4.78 is 5.76. The number of nitrogens with zero attached hydrogens (tertiary/aromatic N) is 2. The van der Waals surface area contributed by atoms with E-state index in [0.29, 0.717) is 24.8 Å². The topological polar surface area (TPSA) is 91.8 Å². The van der Waals surface area contributed by atoms with Crippen molar-refractivity contribution in [2.45, 2.75) is 57.6 Å². The second-order valence-corrected chi connectivity index (χ2v) is 10.0. The van der Waals surface area contributed by atoms with E-state index < -0.39 is 11.6 Å². The molecule has 1 aromatic carbocycles. The van der Waals surface area contributed by atoms with Crippen LogP contribution in [0.1, 0.15) is 61.9 Å². The summed E-state index contributed by atoms with van der Waals surface area (Å²) in [5.41, 5.74) is 0.857. The third-order valence-electron chi connectivity index (χ3n) is 6.13. The van der Waals surface area contributed by atoms with E-state index in [1.165, 1.54) is 11.8 Å². The monoisotopic (exact) mass is 437 g/mol. The maximum absolute atomic E-state index is 13.1. The van der Waals surface area contributed by atoms with Crippen LogP contribution in [0.15, 0.2) is 48.7 Å². The van der Waals surface area contributed by atoms with Crippen molar-refractivity contribution in [3.63, 3.8) is 0 Å². The van der Waals surface area contributed by atoms with Crippen LogP contribution in [0.5, 0.6) is 0 Å². The van der Waals surface area contributed by atoms with Crippen LogP contribution in [0.25, 0.3) is 0 Å². The summed E-state index contributed by atoms with van der Waals surface area (Å²) in [5.74, 6) is -0.00972. The van der Waals surface area contributed by atoms with Crippen molar-refractivity contribution < 1.29 is 19.4 Å². The van der Waals surface area contributed by atoms with Crippen molar-refractivity contribution in [2.24, 2.45) is 5.41 Å². The SMILES string of the molecule is CC(C)(C)OC(=O)N(CC1(CNc2ccc(C(=O)O)cn2)CC1)C1C[C@@H]1c1ccccc1. The van der Waals surface area contributed by atoms with E-state index >= 15 is 0 Å².